The third-order valence-corrected chi connectivity index (χ3v) is 4.22. The molecule has 3 aromatic rings. The number of rotatable bonds is 7. The summed E-state index contributed by atoms with van der Waals surface area (Å²) in [4.78, 5) is 19.5. The van der Waals surface area contributed by atoms with E-state index in [1.54, 1.807) is 25.1 Å². The van der Waals surface area contributed by atoms with Crippen LogP contribution in [0.4, 0.5) is 26.3 Å². The monoisotopic (exact) mass is 461 g/mol. The van der Waals surface area contributed by atoms with E-state index in [1.165, 1.54) is 18.2 Å². The Kier molecular flexibility index (Phi) is 6.51. The number of alkyl halides is 6. The molecule has 1 unspecified atom stereocenters. The van der Waals surface area contributed by atoms with Gasteiger partial charge >= 0.3 is 12.4 Å². The van der Waals surface area contributed by atoms with Crippen molar-refractivity contribution in [3.63, 3.8) is 0 Å². The number of benzene rings is 1. The Labute approximate surface area is 177 Å². The highest BCUT2D eigenvalue weighted by Gasteiger charge is 2.31. The molecule has 0 saturated heterocycles. The van der Waals surface area contributed by atoms with Crippen LogP contribution in [-0.4, -0.2) is 41.4 Å². The van der Waals surface area contributed by atoms with E-state index >= 15 is 0 Å². The van der Waals surface area contributed by atoms with Gasteiger partial charge in [0.25, 0.3) is 5.91 Å². The molecule has 1 amide bonds. The second kappa shape index (κ2) is 8.97. The van der Waals surface area contributed by atoms with Crippen LogP contribution in [0.25, 0.3) is 10.9 Å². The van der Waals surface area contributed by atoms with E-state index < -0.39 is 37.5 Å². The molecular weight excluding hydrogens is 444 g/mol. The lowest BCUT2D eigenvalue weighted by atomic mass is 10.2. The van der Waals surface area contributed by atoms with E-state index in [4.69, 9.17) is 4.74 Å². The van der Waals surface area contributed by atoms with Gasteiger partial charge in [-0.2, -0.15) is 26.3 Å². The standard InChI is InChI=1S/C20H17F6N3O3/c1-11(14-7-6-12(8-27-14)31-9-19(21,22)23)28-18(30)16-17(32-10-20(24,25)26)13-4-2-3-5-15(13)29-16/h2-8,11,29H,9-10H2,1H3,(H,28,30). The van der Waals surface area contributed by atoms with Gasteiger partial charge in [0.1, 0.15) is 11.4 Å². The van der Waals surface area contributed by atoms with E-state index in [0.717, 1.165) is 6.20 Å². The Morgan fingerprint density at radius 3 is 2.31 bits per heavy atom. The molecule has 12 heteroatoms. The predicted molar refractivity (Wildman–Crippen MR) is 102 cm³/mol. The molecule has 172 valence electrons. The highest BCUT2D eigenvalue weighted by molar-refractivity contribution is 6.03. The first kappa shape index (κ1) is 23.2. The molecular formula is C20H17F6N3O3. The molecule has 32 heavy (non-hydrogen) atoms. The van der Waals surface area contributed by atoms with Crippen LogP contribution in [0.1, 0.15) is 29.1 Å². The number of pyridine rings is 1. The number of para-hydroxylation sites is 1. The number of halogens is 6. The number of fused-ring (bicyclic) bond motifs is 1. The van der Waals surface area contributed by atoms with Crippen LogP contribution in [0.2, 0.25) is 0 Å². The number of aromatic amines is 1. The Bertz CT molecular complexity index is 1080. The average Bonchev–Trinajstić information content (AvgIpc) is 3.09. The number of nitrogens with zero attached hydrogens (tertiary/aromatic N) is 1. The second-order valence-corrected chi connectivity index (χ2v) is 6.80. The van der Waals surface area contributed by atoms with Crippen molar-refractivity contribution >= 4 is 16.8 Å². The van der Waals surface area contributed by atoms with Crippen LogP contribution < -0.4 is 14.8 Å². The number of carbonyl (C=O) groups excluding carboxylic acids is 1. The molecule has 1 atom stereocenters. The van der Waals surface area contributed by atoms with Gasteiger partial charge in [0, 0.05) is 10.9 Å². The highest BCUT2D eigenvalue weighted by Crippen LogP contribution is 2.32. The molecule has 6 nitrogen and oxygen atoms in total. The van der Waals surface area contributed by atoms with Gasteiger partial charge in [-0.3, -0.25) is 9.78 Å². The largest absolute Gasteiger partial charge is 0.483 e. The third-order valence-electron chi connectivity index (χ3n) is 4.22. The Morgan fingerprint density at radius 2 is 1.69 bits per heavy atom. The molecule has 2 heterocycles. The smallest absolute Gasteiger partial charge is 0.422 e. The maximum absolute atomic E-state index is 12.7. The van der Waals surface area contributed by atoms with Crippen molar-refractivity contribution < 1.29 is 40.6 Å². The average molecular weight is 461 g/mol. The normalized spacial score (nSPS) is 13.1. The highest BCUT2D eigenvalue weighted by atomic mass is 19.4. The number of hydrogen-bond donors (Lipinski definition) is 2. The molecule has 0 aliphatic heterocycles. The SMILES string of the molecule is CC(NC(=O)c1[nH]c2ccccc2c1OCC(F)(F)F)c1ccc(OCC(F)(F)F)cn1. The Balaban J connectivity index is 1.75. The van der Waals surface area contributed by atoms with Crippen molar-refractivity contribution in [2.24, 2.45) is 0 Å². The number of H-pyrrole nitrogens is 1. The quantitative estimate of drug-likeness (QED) is 0.489. The fourth-order valence-corrected chi connectivity index (χ4v) is 2.82. The minimum absolute atomic E-state index is 0.108. The molecule has 2 aromatic heterocycles. The zero-order valence-corrected chi connectivity index (χ0v) is 16.5. The molecule has 0 bridgehead atoms. The van der Waals surface area contributed by atoms with E-state index in [1.807, 2.05) is 0 Å². The maximum Gasteiger partial charge on any atom is 0.422 e. The second-order valence-electron chi connectivity index (χ2n) is 6.80. The van der Waals surface area contributed by atoms with Crippen molar-refractivity contribution in [3.8, 4) is 11.5 Å². The van der Waals surface area contributed by atoms with Crippen LogP contribution >= 0.6 is 0 Å². The molecule has 0 radical (unpaired) electrons. The number of hydrogen-bond acceptors (Lipinski definition) is 4. The predicted octanol–water partition coefficient (Wildman–Crippen LogP) is 4.94. The van der Waals surface area contributed by atoms with E-state index in [0.29, 0.717) is 16.6 Å². The van der Waals surface area contributed by atoms with Crippen LogP contribution in [0.15, 0.2) is 42.6 Å². The van der Waals surface area contributed by atoms with E-state index in [-0.39, 0.29) is 17.2 Å². The Hall–Kier alpha value is -3.44. The van der Waals surface area contributed by atoms with Crippen LogP contribution in [0, 0.1) is 0 Å². The number of carbonyl (C=O) groups is 1. The molecule has 0 saturated carbocycles. The Morgan fingerprint density at radius 1 is 1.03 bits per heavy atom. The zero-order chi connectivity index (χ0) is 23.5. The van der Waals surface area contributed by atoms with Gasteiger partial charge in [-0.1, -0.05) is 12.1 Å². The fraction of sp³-hybridized carbons (Fsp3) is 0.300. The summed E-state index contributed by atoms with van der Waals surface area (Å²) in [6.07, 6.45) is -8.02. The molecule has 3 rings (SSSR count). The van der Waals surface area contributed by atoms with Gasteiger partial charge in [-0.05, 0) is 31.2 Å². The summed E-state index contributed by atoms with van der Waals surface area (Å²) in [5.74, 6) is -1.10. The van der Waals surface area contributed by atoms with Gasteiger partial charge in [-0.25, -0.2) is 0 Å². The van der Waals surface area contributed by atoms with Crippen LogP contribution in [0.5, 0.6) is 11.5 Å². The van der Waals surface area contributed by atoms with Crippen molar-refractivity contribution in [2.45, 2.75) is 25.3 Å². The topological polar surface area (TPSA) is 76.2 Å². The first-order valence-electron chi connectivity index (χ1n) is 9.19. The molecule has 0 aliphatic carbocycles. The zero-order valence-electron chi connectivity index (χ0n) is 16.5. The minimum atomic E-state index is -4.60. The van der Waals surface area contributed by atoms with Gasteiger partial charge in [0.05, 0.1) is 17.9 Å². The van der Waals surface area contributed by atoms with E-state index in [2.05, 4.69) is 20.0 Å². The molecule has 1 aromatic carbocycles. The number of ether oxygens (including phenoxy) is 2. The van der Waals surface area contributed by atoms with Crippen molar-refractivity contribution in [2.75, 3.05) is 13.2 Å². The number of amides is 1. The molecule has 0 fully saturated rings. The van der Waals surface area contributed by atoms with Gasteiger partial charge < -0.3 is 19.8 Å². The first-order valence-corrected chi connectivity index (χ1v) is 9.19. The molecule has 0 spiro atoms. The lowest BCUT2D eigenvalue weighted by Gasteiger charge is -2.15. The van der Waals surface area contributed by atoms with Crippen molar-refractivity contribution in [3.05, 3.63) is 54.0 Å². The third kappa shape index (κ3) is 6.05. The van der Waals surface area contributed by atoms with Gasteiger partial charge in [-0.15, -0.1) is 0 Å². The minimum Gasteiger partial charge on any atom is -0.483 e. The lowest BCUT2D eigenvalue weighted by Crippen LogP contribution is -2.28. The van der Waals surface area contributed by atoms with Gasteiger partial charge in [0.15, 0.2) is 19.0 Å². The van der Waals surface area contributed by atoms with Crippen molar-refractivity contribution in [1.29, 1.82) is 0 Å². The summed E-state index contributed by atoms with van der Waals surface area (Å²) in [5.41, 5.74) is 0.505. The lowest BCUT2D eigenvalue weighted by molar-refractivity contribution is -0.154. The molecule has 0 aliphatic rings. The summed E-state index contributed by atoms with van der Waals surface area (Å²) in [6.45, 7) is -1.50. The first-order chi connectivity index (χ1) is 14.9. The number of aromatic nitrogens is 2. The summed E-state index contributed by atoms with van der Waals surface area (Å²) >= 11 is 0. The maximum atomic E-state index is 12.7. The van der Waals surface area contributed by atoms with E-state index in [9.17, 15) is 31.1 Å². The number of nitrogens with one attached hydrogen (secondary N) is 2. The molecule has 2 N–H and O–H groups in total. The summed E-state index contributed by atoms with van der Waals surface area (Å²) in [7, 11) is 0. The van der Waals surface area contributed by atoms with Crippen molar-refractivity contribution in [1.82, 2.24) is 15.3 Å². The summed E-state index contributed by atoms with van der Waals surface area (Å²) in [5, 5.41) is 2.88. The van der Waals surface area contributed by atoms with Crippen LogP contribution in [-0.2, 0) is 0 Å². The van der Waals surface area contributed by atoms with Crippen LogP contribution in [0.3, 0.4) is 0 Å². The fourth-order valence-electron chi connectivity index (χ4n) is 2.82. The summed E-state index contributed by atoms with van der Waals surface area (Å²) < 4.78 is 84.1. The van der Waals surface area contributed by atoms with Gasteiger partial charge in [0.2, 0.25) is 0 Å². The summed E-state index contributed by atoms with van der Waals surface area (Å²) in [6, 6.07) is 8.23.